The molecule has 2 aromatic carbocycles. The maximum atomic E-state index is 14.7. The van der Waals surface area contributed by atoms with E-state index in [9.17, 15) is 8.78 Å². The van der Waals surface area contributed by atoms with Crippen LogP contribution in [0.4, 0.5) is 14.8 Å². The second-order valence-electron chi connectivity index (χ2n) is 7.35. The van der Waals surface area contributed by atoms with Crippen LogP contribution in [0, 0.1) is 5.82 Å². The second kappa shape index (κ2) is 9.21. The van der Waals surface area contributed by atoms with Crippen LogP contribution in [-0.2, 0) is 13.0 Å². The molecular weight excluding hydrogens is 390 g/mol. The largest absolute Gasteiger partial charge is 0.497 e. The molecule has 30 heavy (non-hydrogen) atoms. The third kappa shape index (κ3) is 4.76. The number of aromatic nitrogens is 2. The molecule has 6 nitrogen and oxygen atoms in total. The van der Waals surface area contributed by atoms with Gasteiger partial charge in [0.1, 0.15) is 17.7 Å². The van der Waals surface area contributed by atoms with Crippen LogP contribution in [0.5, 0.6) is 5.75 Å². The van der Waals surface area contributed by atoms with Crippen molar-refractivity contribution >= 4 is 6.01 Å². The number of hydrogen-bond donors (Lipinski definition) is 1. The van der Waals surface area contributed by atoms with Gasteiger partial charge < -0.3 is 19.5 Å². The Morgan fingerprint density at radius 2 is 1.87 bits per heavy atom. The van der Waals surface area contributed by atoms with Crippen molar-refractivity contribution in [3.8, 4) is 5.75 Å². The van der Waals surface area contributed by atoms with Gasteiger partial charge in [-0.3, -0.25) is 0 Å². The molecule has 1 aromatic heterocycles. The maximum Gasteiger partial charge on any atom is 0.324 e. The number of nitrogens with zero attached hydrogens (tertiary/aromatic N) is 3. The van der Waals surface area contributed by atoms with E-state index >= 15 is 0 Å². The zero-order chi connectivity index (χ0) is 20.9. The first-order valence-corrected chi connectivity index (χ1v) is 9.94. The van der Waals surface area contributed by atoms with Gasteiger partial charge in [-0.25, -0.2) is 8.78 Å². The molecule has 0 amide bonds. The van der Waals surface area contributed by atoms with Crippen LogP contribution >= 0.6 is 0 Å². The number of halogens is 2. The molecule has 0 bridgehead atoms. The summed E-state index contributed by atoms with van der Waals surface area (Å²) in [4.78, 5) is 6.32. The summed E-state index contributed by atoms with van der Waals surface area (Å²) in [7, 11) is 1.62. The van der Waals surface area contributed by atoms with Gasteiger partial charge in [-0.1, -0.05) is 29.4 Å². The summed E-state index contributed by atoms with van der Waals surface area (Å²) in [6, 6.07) is 13.7. The molecule has 0 saturated carbocycles. The minimum Gasteiger partial charge on any atom is -0.497 e. The topological polar surface area (TPSA) is 63.4 Å². The molecule has 1 saturated heterocycles. The monoisotopic (exact) mass is 414 g/mol. The van der Waals surface area contributed by atoms with E-state index in [2.05, 4.69) is 15.5 Å². The SMILES string of the molecule is COc1ccc(Cc2noc(N(Cc3ccc(F)cc3)[C@H]3CCNC[C@H]3F)n2)cc1. The molecule has 2 atom stereocenters. The quantitative estimate of drug-likeness (QED) is 0.638. The summed E-state index contributed by atoms with van der Waals surface area (Å²) in [6.07, 6.45) is 0.0259. The molecule has 0 spiro atoms. The van der Waals surface area contributed by atoms with Crippen molar-refractivity contribution in [2.45, 2.75) is 31.6 Å². The Morgan fingerprint density at radius 1 is 1.13 bits per heavy atom. The van der Waals surface area contributed by atoms with E-state index < -0.39 is 12.2 Å². The number of anilines is 1. The molecule has 4 rings (SSSR count). The van der Waals surface area contributed by atoms with Crippen molar-refractivity contribution in [2.24, 2.45) is 0 Å². The first kappa shape index (κ1) is 20.3. The zero-order valence-corrected chi connectivity index (χ0v) is 16.7. The normalized spacial score (nSPS) is 18.9. The van der Waals surface area contributed by atoms with Gasteiger partial charge in [0, 0.05) is 19.5 Å². The molecule has 1 aliphatic heterocycles. The molecule has 1 N–H and O–H groups in total. The molecular formula is C22H24F2N4O2. The summed E-state index contributed by atoms with van der Waals surface area (Å²) in [5, 5.41) is 7.15. The first-order chi connectivity index (χ1) is 14.6. The van der Waals surface area contributed by atoms with Crippen LogP contribution in [-0.4, -0.2) is 42.6 Å². The molecule has 0 unspecified atom stereocenters. The van der Waals surface area contributed by atoms with Gasteiger partial charge >= 0.3 is 6.01 Å². The Kier molecular flexibility index (Phi) is 6.23. The van der Waals surface area contributed by atoms with Gasteiger partial charge in [0.25, 0.3) is 0 Å². The predicted molar refractivity (Wildman–Crippen MR) is 109 cm³/mol. The lowest BCUT2D eigenvalue weighted by Crippen LogP contribution is -2.51. The van der Waals surface area contributed by atoms with Gasteiger partial charge in [0.05, 0.1) is 13.2 Å². The Labute approximate surface area is 173 Å². The standard InChI is InChI=1S/C22H24F2N4O2/c1-29-18-8-4-15(5-9-18)12-21-26-22(30-27-21)28(20-10-11-25-13-19(20)24)14-16-2-6-17(23)7-3-16/h2-9,19-20,25H,10-14H2,1H3/t19-,20+/m1/s1. The van der Waals surface area contributed by atoms with Crippen LogP contribution < -0.4 is 15.0 Å². The minimum atomic E-state index is -1.07. The fraction of sp³-hybridized carbons (Fsp3) is 0.364. The Hall–Kier alpha value is -3.00. The van der Waals surface area contributed by atoms with E-state index in [0.29, 0.717) is 31.8 Å². The predicted octanol–water partition coefficient (Wildman–Crippen LogP) is 3.51. The molecule has 158 valence electrons. The zero-order valence-electron chi connectivity index (χ0n) is 16.7. The number of rotatable bonds is 7. The summed E-state index contributed by atoms with van der Waals surface area (Å²) >= 11 is 0. The lowest BCUT2D eigenvalue weighted by molar-refractivity contribution is 0.215. The summed E-state index contributed by atoms with van der Waals surface area (Å²) < 4.78 is 38.7. The number of methoxy groups -OCH3 is 1. The van der Waals surface area contributed by atoms with E-state index in [4.69, 9.17) is 9.26 Å². The number of benzene rings is 2. The Morgan fingerprint density at radius 3 is 2.57 bits per heavy atom. The van der Waals surface area contributed by atoms with Crippen molar-refractivity contribution in [2.75, 3.05) is 25.1 Å². The average Bonchev–Trinajstić information content (AvgIpc) is 3.23. The van der Waals surface area contributed by atoms with E-state index in [1.807, 2.05) is 24.3 Å². The number of hydrogen-bond acceptors (Lipinski definition) is 6. The van der Waals surface area contributed by atoms with Crippen LogP contribution in [0.25, 0.3) is 0 Å². The smallest absolute Gasteiger partial charge is 0.324 e. The van der Waals surface area contributed by atoms with E-state index in [-0.39, 0.29) is 18.4 Å². The van der Waals surface area contributed by atoms with Crippen molar-refractivity contribution in [1.82, 2.24) is 15.5 Å². The number of ether oxygens (including phenoxy) is 1. The highest BCUT2D eigenvalue weighted by molar-refractivity contribution is 5.34. The molecule has 8 heteroatoms. The summed E-state index contributed by atoms with van der Waals surface area (Å²) in [5.41, 5.74) is 1.86. The lowest BCUT2D eigenvalue weighted by Gasteiger charge is -2.35. The third-order valence-corrected chi connectivity index (χ3v) is 5.26. The van der Waals surface area contributed by atoms with E-state index in [1.54, 1.807) is 24.1 Å². The fourth-order valence-corrected chi connectivity index (χ4v) is 3.63. The van der Waals surface area contributed by atoms with Gasteiger partial charge in [-0.05, 0) is 48.4 Å². The van der Waals surface area contributed by atoms with Crippen LogP contribution in [0.2, 0.25) is 0 Å². The first-order valence-electron chi connectivity index (χ1n) is 9.94. The highest BCUT2D eigenvalue weighted by Gasteiger charge is 2.33. The van der Waals surface area contributed by atoms with Gasteiger partial charge in [-0.2, -0.15) is 4.98 Å². The molecule has 0 radical (unpaired) electrons. The van der Waals surface area contributed by atoms with Gasteiger partial charge in [0.15, 0.2) is 5.82 Å². The highest BCUT2D eigenvalue weighted by atomic mass is 19.1. The Bertz CT molecular complexity index is 947. The van der Waals surface area contributed by atoms with Crippen molar-refractivity contribution < 1.29 is 18.0 Å². The minimum absolute atomic E-state index is 0.275. The number of piperidine rings is 1. The molecule has 2 heterocycles. The van der Waals surface area contributed by atoms with Crippen LogP contribution in [0.1, 0.15) is 23.4 Å². The lowest BCUT2D eigenvalue weighted by atomic mass is 10.0. The van der Waals surface area contributed by atoms with Crippen LogP contribution in [0.15, 0.2) is 53.1 Å². The second-order valence-corrected chi connectivity index (χ2v) is 7.35. The van der Waals surface area contributed by atoms with Crippen LogP contribution in [0.3, 0.4) is 0 Å². The summed E-state index contributed by atoms with van der Waals surface area (Å²) in [6.45, 7) is 1.34. The maximum absolute atomic E-state index is 14.7. The molecule has 1 fully saturated rings. The van der Waals surface area contributed by atoms with Gasteiger partial charge in [-0.15, -0.1) is 0 Å². The Balaban J connectivity index is 1.55. The fourth-order valence-electron chi connectivity index (χ4n) is 3.63. The van der Waals surface area contributed by atoms with Crippen molar-refractivity contribution in [3.05, 3.63) is 71.3 Å². The number of nitrogens with one attached hydrogen (secondary N) is 1. The van der Waals surface area contributed by atoms with Crippen molar-refractivity contribution in [1.29, 1.82) is 0 Å². The van der Waals surface area contributed by atoms with Gasteiger partial charge in [0.2, 0.25) is 0 Å². The van der Waals surface area contributed by atoms with E-state index in [0.717, 1.165) is 16.9 Å². The average molecular weight is 414 g/mol. The molecule has 0 aliphatic carbocycles. The van der Waals surface area contributed by atoms with E-state index in [1.165, 1.54) is 12.1 Å². The molecule has 3 aromatic rings. The third-order valence-electron chi connectivity index (χ3n) is 5.26. The highest BCUT2D eigenvalue weighted by Crippen LogP contribution is 2.25. The molecule has 1 aliphatic rings. The number of alkyl halides is 1. The van der Waals surface area contributed by atoms with Crippen molar-refractivity contribution in [3.63, 3.8) is 0 Å². The summed E-state index contributed by atoms with van der Waals surface area (Å²) in [5.74, 6) is 0.983.